The molecule has 0 atom stereocenters. The molecule has 0 spiro atoms. The van der Waals surface area contributed by atoms with Crippen LogP contribution in [0.25, 0.3) is 16.9 Å². The molecule has 0 bridgehead atoms. The van der Waals surface area contributed by atoms with Crippen molar-refractivity contribution in [2.24, 2.45) is 0 Å². The summed E-state index contributed by atoms with van der Waals surface area (Å²) in [5.41, 5.74) is 7.53. The summed E-state index contributed by atoms with van der Waals surface area (Å²) in [4.78, 5) is 12.1. The summed E-state index contributed by atoms with van der Waals surface area (Å²) >= 11 is 0. The van der Waals surface area contributed by atoms with E-state index in [2.05, 4.69) is 39.5 Å². The van der Waals surface area contributed by atoms with E-state index in [-0.39, 0.29) is 0 Å². The van der Waals surface area contributed by atoms with Crippen LogP contribution in [0.1, 0.15) is 42.8 Å². The van der Waals surface area contributed by atoms with Gasteiger partial charge in [0.05, 0.1) is 42.6 Å². The van der Waals surface area contributed by atoms with Gasteiger partial charge in [-0.2, -0.15) is 5.10 Å². The Kier molecular flexibility index (Phi) is 5.39. The fraction of sp³-hybridized carbons (Fsp3) is 0.522. The van der Waals surface area contributed by atoms with E-state index in [0.29, 0.717) is 12.5 Å². The average molecular weight is 408 g/mol. The summed E-state index contributed by atoms with van der Waals surface area (Å²) in [5.74, 6) is 0.573. The van der Waals surface area contributed by atoms with Gasteiger partial charge >= 0.3 is 0 Å². The molecule has 3 aromatic rings. The first-order chi connectivity index (χ1) is 14.8. The highest BCUT2D eigenvalue weighted by Crippen LogP contribution is 2.41. The molecule has 1 aliphatic heterocycles. The molecule has 1 saturated heterocycles. The Morgan fingerprint density at radius 1 is 1.20 bits per heavy atom. The van der Waals surface area contributed by atoms with Crippen LogP contribution in [0.3, 0.4) is 0 Å². The quantitative estimate of drug-likeness (QED) is 0.599. The van der Waals surface area contributed by atoms with Crippen molar-refractivity contribution in [2.75, 3.05) is 44.9 Å². The number of morpholine rings is 1. The average Bonchev–Trinajstić information content (AvgIpc) is 3.58. The molecule has 0 N–H and O–H groups in total. The van der Waals surface area contributed by atoms with E-state index in [1.54, 1.807) is 7.11 Å². The summed E-state index contributed by atoms with van der Waals surface area (Å²) in [5, 5.41) is 5.06. The molecule has 0 radical (unpaired) electrons. The zero-order chi connectivity index (χ0) is 20.5. The van der Waals surface area contributed by atoms with Gasteiger partial charge in [0.2, 0.25) is 0 Å². The van der Waals surface area contributed by atoms with E-state index >= 15 is 0 Å². The summed E-state index contributed by atoms with van der Waals surface area (Å²) < 4.78 is 12.8. The zero-order valence-corrected chi connectivity index (χ0v) is 17.8. The molecule has 30 heavy (non-hydrogen) atoms. The molecule has 4 heterocycles. The Morgan fingerprint density at radius 2 is 2.03 bits per heavy atom. The summed E-state index contributed by atoms with van der Waals surface area (Å²) in [6.07, 6.45) is 6.07. The highest BCUT2D eigenvalue weighted by molar-refractivity contribution is 5.76. The Labute approximate surface area is 177 Å². The van der Waals surface area contributed by atoms with Crippen LogP contribution < -0.4 is 4.90 Å². The number of aryl methyl sites for hydroxylation is 1. The molecule has 2 aliphatic rings. The number of nitrogens with zero attached hydrogens (tertiary/aromatic N) is 5. The largest absolute Gasteiger partial charge is 0.384 e. The number of ether oxygens (including phenoxy) is 2. The van der Waals surface area contributed by atoms with Crippen molar-refractivity contribution in [3.63, 3.8) is 0 Å². The standard InChI is InChI=1S/C23H29N5O2/c1-3-19-22(17-6-7-18(24-15-17)8-11-29-2)28-23(25-19)21(27-9-12-30-13-10-27)14-20(26-28)16-4-5-16/h6-7,14-16H,3-5,8-13H2,1-2H3. The SMILES string of the molecule is CCc1nc2c(N3CCOCC3)cc(C3CC3)nn2c1-c1ccc(CCOC)nc1. The third-order valence-electron chi connectivity index (χ3n) is 6.00. The number of hydrogen-bond acceptors (Lipinski definition) is 6. The molecule has 158 valence electrons. The zero-order valence-electron chi connectivity index (χ0n) is 17.8. The number of methoxy groups -OCH3 is 1. The fourth-order valence-electron chi connectivity index (χ4n) is 4.14. The third-order valence-corrected chi connectivity index (χ3v) is 6.00. The monoisotopic (exact) mass is 407 g/mol. The first-order valence-corrected chi connectivity index (χ1v) is 11.0. The van der Waals surface area contributed by atoms with Crippen LogP contribution in [0.15, 0.2) is 24.4 Å². The number of rotatable bonds is 7. The van der Waals surface area contributed by atoms with Gasteiger partial charge in [0.15, 0.2) is 5.65 Å². The predicted octanol–water partition coefficient (Wildman–Crippen LogP) is 3.26. The highest BCUT2D eigenvalue weighted by Gasteiger charge is 2.29. The first kappa shape index (κ1) is 19.5. The van der Waals surface area contributed by atoms with E-state index < -0.39 is 0 Å². The maximum atomic E-state index is 5.58. The van der Waals surface area contributed by atoms with Crippen molar-refractivity contribution in [3.05, 3.63) is 41.5 Å². The Balaban J connectivity index is 1.63. The summed E-state index contributed by atoms with van der Waals surface area (Å²) in [7, 11) is 1.72. The highest BCUT2D eigenvalue weighted by atomic mass is 16.5. The van der Waals surface area contributed by atoms with Gasteiger partial charge in [0, 0.05) is 50.0 Å². The van der Waals surface area contributed by atoms with E-state index in [1.165, 1.54) is 24.2 Å². The molecule has 1 saturated carbocycles. The number of aromatic nitrogens is 4. The van der Waals surface area contributed by atoms with Crippen LogP contribution in [-0.2, 0) is 22.3 Å². The molecule has 0 aromatic carbocycles. The normalized spacial score (nSPS) is 17.1. The smallest absolute Gasteiger partial charge is 0.178 e. The maximum absolute atomic E-state index is 5.58. The van der Waals surface area contributed by atoms with Gasteiger partial charge in [-0.05, 0) is 37.5 Å². The van der Waals surface area contributed by atoms with Crippen LogP contribution in [0.4, 0.5) is 5.69 Å². The number of anilines is 1. The number of imidazole rings is 1. The Morgan fingerprint density at radius 3 is 2.70 bits per heavy atom. The molecule has 5 rings (SSSR count). The van der Waals surface area contributed by atoms with Crippen LogP contribution >= 0.6 is 0 Å². The van der Waals surface area contributed by atoms with Crippen LogP contribution in [0.5, 0.6) is 0 Å². The van der Waals surface area contributed by atoms with Gasteiger partial charge in [0.25, 0.3) is 0 Å². The lowest BCUT2D eigenvalue weighted by molar-refractivity contribution is 0.123. The fourth-order valence-corrected chi connectivity index (χ4v) is 4.14. The van der Waals surface area contributed by atoms with Gasteiger partial charge < -0.3 is 14.4 Å². The molecule has 3 aromatic heterocycles. The number of fused-ring (bicyclic) bond motifs is 1. The lowest BCUT2D eigenvalue weighted by Crippen LogP contribution is -2.36. The maximum Gasteiger partial charge on any atom is 0.178 e. The molecule has 0 unspecified atom stereocenters. The second-order valence-corrected chi connectivity index (χ2v) is 8.11. The van der Waals surface area contributed by atoms with E-state index in [0.717, 1.165) is 67.4 Å². The topological polar surface area (TPSA) is 64.8 Å². The summed E-state index contributed by atoms with van der Waals surface area (Å²) in [6.45, 7) is 6.13. The van der Waals surface area contributed by atoms with Crippen molar-refractivity contribution in [3.8, 4) is 11.3 Å². The minimum atomic E-state index is 0.573. The van der Waals surface area contributed by atoms with Gasteiger partial charge in [-0.25, -0.2) is 9.50 Å². The van der Waals surface area contributed by atoms with Gasteiger partial charge in [-0.1, -0.05) is 6.92 Å². The first-order valence-electron chi connectivity index (χ1n) is 11.0. The van der Waals surface area contributed by atoms with E-state index in [9.17, 15) is 0 Å². The molecule has 2 fully saturated rings. The minimum Gasteiger partial charge on any atom is -0.384 e. The molecular formula is C23H29N5O2. The van der Waals surface area contributed by atoms with Gasteiger partial charge in [-0.15, -0.1) is 0 Å². The van der Waals surface area contributed by atoms with Crippen LogP contribution in [0.2, 0.25) is 0 Å². The molecular weight excluding hydrogens is 378 g/mol. The minimum absolute atomic E-state index is 0.573. The lowest BCUT2D eigenvalue weighted by atomic mass is 10.1. The second-order valence-electron chi connectivity index (χ2n) is 8.11. The van der Waals surface area contributed by atoms with Crippen molar-refractivity contribution in [1.29, 1.82) is 0 Å². The van der Waals surface area contributed by atoms with Crippen molar-refractivity contribution >= 4 is 11.3 Å². The molecule has 0 amide bonds. The summed E-state index contributed by atoms with van der Waals surface area (Å²) in [6, 6.07) is 6.49. The Hall–Kier alpha value is -2.51. The van der Waals surface area contributed by atoms with Crippen LogP contribution in [-0.4, -0.2) is 59.6 Å². The molecule has 1 aliphatic carbocycles. The lowest BCUT2D eigenvalue weighted by Gasteiger charge is -2.29. The third kappa shape index (κ3) is 3.68. The van der Waals surface area contributed by atoms with E-state index in [1.807, 2.05) is 6.20 Å². The second kappa shape index (κ2) is 8.32. The molecule has 7 heteroatoms. The Bertz CT molecular complexity index is 1020. The van der Waals surface area contributed by atoms with Gasteiger partial charge in [-0.3, -0.25) is 4.98 Å². The van der Waals surface area contributed by atoms with Crippen molar-refractivity contribution in [1.82, 2.24) is 19.6 Å². The number of pyridine rings is 1. The van der Waals surface area contributed by atoms with Gasteiger partial charge in [0.1, 0.15) is 0 Å². The molecule has 7 nitrogen and oxygen atoms in total. The van der Waals surface area contributed by atoms with Crippen molar-refractivity contribution in [2.45, 2.75) is 38.5 Å². The number of hydrogen-bond donors (Lipinski definition) is 0. The van der Waals surface area contributed by atoms with E-state index in [4.69, 9.17) is 19.6 Å². The van der Waals surface area contributed by atoms with Crippen molar-refractivity contribution < 1.29 is 9.47 Å². The predicted molar refractivity (Wildman–Crippen MR) is 116 cm³/mol. The van der Waals surface area contributed by atoms with Crippen LogP contribution in [0, 0.1) is 0 Å².